The zero-order valence-corrected chi connectivity index (χ0v) is 12.7. The first-order chi connectivity index (χ1) is 11.0. The number of rotatable bonds is 6. The molecule has 0 saturated heterocycles. The summed E-state index contributed by atoms with van der Waals surface area (Å²) in [6.07, 6.45) is -0.655. The number of benzene rings is 1. The van der Waals surface area contributed by atoms with E-state index in [2.05, 4.69) is 4.98 Å². The number of pyridine rings is 1. The molecule has 0 spiro atoms. The van der Waals surface area contributed by atoms with Crippen molar-refractivity contribution < 1.29 is 19.8 Å². The van der Waals surface area contributed by atoms with Crippen molar-refractivity contribution in [3.8, 4) is 11.8 Å². The SMILES string of the molecule is N#Cc1cc(Sc2ccccc2)nc(C(=O)CCC(=O)O)c1O. The highest BCUT2D eigenvalue weighted by atomic mass is 32.2. The third-order valence-electron chi connectivity index (χ3n) is 2.89. The van der Waals surface area contributed by atoms with Crippen LogP contribution in [0.15, 0.2) is 46.3 Å². The number of hydrogen-bond acceptors (Lipinski definition) is 6. The van der Waals surface area contributed by atoms with Crippen LogP contribution in [0.2, 0.25) is 0 Å². The molecule has 0 atom stereocenters. The van der Waals surface area contributed by atoms with E-state index in [-0.39, 0.29) is 24.1 Å². The normalized spacial score (nSPS) is 10.0. The molecule has 1 aromatic carbocycles. The minimum Gasteiger partial charge on any atom is -0.504 e. The third kappa shape index (κ3) is 4.31. The summed E-state index contributed by atoms with van der Waals surface area (Å²) in [4.78, 5) is 27.5. The predicted octanol–water partition coefficient (Wildman–Crippen LogP) is 2.86. The van der Waals surface area contributed by atoms with Crippen LogP contribution in [0.25, 0.3) is 0 Å². The molecule has 0 unspecified atom stereocenters. The molecule has 0 saturated carbocycles. The summed E-state index contributed by atoms with van der Waals surface area (Å²) in [5.41, 5.74) is -0.346. The predicted molar refractivity (Wildman–Crippen MR) is 82.4 cm³/mol. The highest BCUT2D eigenvalue weighted by molar-refractivity contribution is 7.99. The van der Waals surface area contributed by atoms with Crippen molar-refractivity contribution in [1.82, 2.24) is 4.98 Å². The van der Waals surface area contributed by atoms with E-state index in [1.165, 1.54) is 17.8 Å². The standard InChI is InChI=1S/C16H12N2O4S/c17-9-10-8-13(23-11-4-2-1-3-5-11)18-15(16(10)22)12(19)6-7-14(20)21/h1-5,8,22H,6-7H2,(H,20,21). The van der Waals surface area contributed by atoms with E-state index in [0.29, 0.717) is 5.03 Å². The van der Waals surface area contributed by atoms with Gasteiger partial charge in [0.2, 0.25) is 0 Å². The molecule has 2 aromatic rings. The number of Topliss-reactive ketones (excluding diaryl/α,β-unsaturated/α-hetero) is 1. The zero-order valence-electron chi connectivity index (χ0n) is 11.9. The Bertz CT molecular complexity index is 785. The van der Waals surface area contributed by atoms with Crippen LogP contribution in [0.1, 0.15) is 28.9 Å². The summed E-state index contributed by atoms with van der Waals surface area (Å²) < 4.78 is 0. The lowest BCUT2D eigenvalue weighted by Crippen LogP contribution is -2.07. The number of ketones is 1. The maximum atomic E-state index is 12.0. The lowest BCUT2D eigenvalue weighted by molar-refractivity contribution is -0.136. The number of carbonyl (C=O) groups excluding carboxylic acids is 1. The Kier molecular flexibility index (Phi) is 5.33. The molecule has 7 heteroatoms. The van der Waals surface area contributed by atoms with Crippen LogP contribution in [0.5, 0.6) is 5.75 Å². The van der Waals surface area contributed by atoms with Gasteiger partial charge in [0.15, 0.2) is 17.2 Å². The quantitative estimate of drug-likeness (QED) is 0.784. The maximum Gasteiger partial charge on any atom is 0.303 e. The number of carboxylic acid groups (broad SMARTS) is 1. The summed E-state index contributed by atoms with van der Waals surface area (Å²) in [5.74, 6) is -2.25. The molecule has 0 bridgehead atoms. The van der Waals surface area contributed by atoms with E-state index in [1.807, 2.05) is 36.4 Å². The van der Waals surface area contributed by atoms with E-state index in [4.69, 9.17) is 10.4 Å². The van der Waals surface area contributed by atoms with Gasteiger partial charge in [0.1, 0.15) is 11.1 Å². The smallest absolute Gasteiger partial charge is 0.303 e. The zero-order chi connectivity index (χ0) is 16.8. The average molecular weight is 328 g/mol. The van der Waals surface area contributed by atoms with Crippen molar-refractivity contribution >= 4 is 23.5 Å². The molecule has 0 aliphatic rings. The molecule has 0 fully saturated rings. The van der Waals surface area contributed by atoms with Crippen LogP contribution in [0.3, 0.4) is 0 Å². The van der Waals surface area contributed by atoms with E-state index >= 15 is 0 Å². The van der Waals surface area contributed by atoms with Crippen molar-refractivity contribution in [3.63, 3.8) is 0 Å². The molecular formula is C16H12N2O4S. The maximum absolute atomic E-state index is 12.0. The van der Waals surface area contributed by atoms with Gasteiger partial charge in [0.25, 0.3) is 0 Å². The topological polar surface area (TPSA) is 111 Å². The van der Waals surface area contributed by atoms with E-state index in [1.54, 1.807) is 0 Å². The molecule has 0 amide bonds. The largest absolute Gasteiger partial charge is 0.504 e. The number of carboxylic acids is 1. The molecule has 0 radical (unpaired) electrons. The van der Waals surface area contributed by atoms with Gasteiger partial charge in [0.05, 0.1) is 12.0 Å². The van der Waals surface area contributed by atoms with Gasteiger partial charge in [-0.25, -0.2) is 4.98 Å². The van der Waals surface area contributed by atoms with Crippen LogP contribution >= 0.6 is 11.8 Å². The summed E-state index contributed by atoms with van der Waals surface area (Å²) in [6, 6.07) is 12.4. The lowest BCUT2D eigenvalue weighted by Gasteiger charge is -2.07. The molecule has 1 aromatic heterocycles. The molecule has 0 aliphatic carbocycles. The Morgan fingerprint density at radius 1 is 1.22 bits per heavy atom. The molecule has 1 heterocycles. The van der Waals surface area contributed by atoms with Crippen LogP contribution in [0.4, 0.5) is 0 Å². The fraction of sp³-hybridized carbons (Fsp3) is 0.125. The second-order valence-corrected chi connectivity index (χ2v) is 5.64. The van der Waals surface area contributed by atoms with Gasteiger partial charge in [0, 0.05) is 11.3 Å². The van der Waals surface area contributed by atoms with Crippen LogP contribution in [0, 0.1) is 11.3 Å². The molecule has 6 nitrogen and oxygen atoms in total. The average Bonchev–Trinajstić information content (AvgIpc) is 2.55. The van der Waals surface area contributed by atoms with E-state index in [9.17, 15) is 14.7 Å². The Morgan fingerprint density at radius 2 is 1.91 bits per heavy atom. The fourth-order valence-electron chi connectivity index (χ4n) is 1.79. The third-order valence-corrected chi connectivity index (χ3v) is 3.81. The van der Waals surface area contributed by atoms with Crippen molar-refractivity contribution in [2.24, 2.45) is 0 Å². The molecule has 2 rings (SSSR count). The lowest BCUT2D eigenvalue weighted by atomic mass is 10.1. The summed E-state index contributed by atoms with van der Waals surface area (Å²) in [7, 11) is 0. The van der Waals surface area contributed by atoms with Gasteiger partial charge in [-0.3, -0.25) is 9.59 Å². The highest BCUT2D eigenvalue weighted by Gasteiger charge is 2.19. The van der Waals surface area contributed by atoms with Gasteiger partial charge >= 0.3 is 5.97 Å². The van der Waals surface area contributed by atoms with E-state index < -0.39 is 17.5 Å². The van der Waals surface area contributed by atoms with Gasteiger partial charge in [-0.1, -0.05) is 30.0 Å². The first-order valence-corrected chi connectivity index (χ1v) is 7.45. The van der Waals surface area contributed by atoms with Crippen LogP contribution in [-0.2, 0) is 4.79 Å². The van der Waals surface area contributed by atoms with Crippen LogP contribution < -0.4 is 0 Å². The monoisotopic (exact) mass is 328 g/mol. The number of carbonyl (C=O) groups is 2. The fourth-order valence-corrected chi connectivity index (χ4v) is 2.64. The summed E-state index contributed by atoms with van der Waals surface area (Å²) in [6.45, 7) is 0. The minimum absolute atomic E-state index is 0.0721. The number of nitrogens with zero attached hydrogens (tertiary/aromatic N) is 2. The highest BCUT2D eigenvalue weighted by Crippen LogP contribution is 2.31. The number of hydrogen-bond donors (Lipinski definition) is 2. The minimum atomic E-state index is -1.12. The van der Waals surface area contributed by atoms with Crippen molar-refractivity contribution in [1.29, 1.82) is 5.26 Å². The van der Waals surface area contributed by atoms with Gasteiger partial charge in [-0.2, -0.15) is 5.26 Å². The van der Waals surface area contributed by atoms with Crippen molar-refractivity contribution in [3.05, 3.63) is 47.7 Å². The second-order valence-electron chi connectivity index (χ2n) is 4.55. The van der Waals surface area contributed by atoms with Gasteiger partial charge < -0.3 is 10.2 Å². The molecule has 116 valence electrons. The molecule has 0 aliphatic heterocycles. The van der Waals surface area contributed by atoms with Crippen molar-refractivity contribution in [2.75, 3.05) is 0 Å². The molecule has 23 heavy (non-hydrogen) atoms. The summed E-state index contributed by atoms with van der Waals surface area (Å²) in [5, 5.41) is 28.0. The van der Waals surface area contributed by atoms with Crippen LogP contribution in [-0.4, -0.2) is 26.9 Å². The number of aromatic nitrogens is 1. The number of aliphatic carboxylic acids is 1. The number of nitriles is 1. The second kappa shape index (κ2) is 7.42. The van der Waals surface area contributed by atoms with Gasteiger partial charge in [-0.05, 0) is 18.2 Å². The Labute approximate surface area is 136 Å². The first kappa shape index (κ1) is 16.5. The Hall–Kier alpha value is -2.85. The van der Waals surface area contributed by atoms with Gasteiger partial charge in [-0.15, -0.1) is 0 Å². The van der Waals surface area contributed by atoms with Crippen molar-refractivity contribution in [2.45, 2.75) is 22.8 Å². The molecular weight excluding hydrogens is 316 g/mol. The Balaban J connectivity index is 2.34. The summed E-state index contributed by atoms with van der Waals surface area (Å²) >= 11 is 1.24. The first-order valence-electron chi connectivity index (χ1n) is 6.63. The van der Waals surface area contributed by atoms with E-state index in [0.717, 1.165) is 4.90 Å². The molecule has 2 N–H and O–H groups in total. The Morgan fingerprint density at radius 3 is 2.52 bits per heavy atom. The number of aromatic hydroxyl groups is 1.